The van der Waals surface area contributed by atoms with Crippen LogP contribution in [0.2, 0.25) is 0 Å². The molecule has 1 saturated carbocycles. The Balaban J connectivity index is 2.16. The fourth-order valence-corrected chi connectivity index (χ4v) is 2.65. The Kier molecular flexibility index (Phi) is 3.90. The van der Waals surface area contributed by atoms with E-state index in [1.54, 1.807) is 17.0 Å². The molecule has 0 aromatic heterocycles. The third-order valence-corrected chi connectivity index (χ3v) is 3.83. The summed E-state index contributed by atoms with van der Waals surface area (Å²) in [6, 6.07) is 5.49. The Morgan fingerprint density at radius 3 is 2.61 bits per heavy atom. The van der Waals surface area contributed by atoms with Crippen LogP contribution in [0.5, 0.6) is 5.75 Å². The fraction of sp³-hybridized carbons (Fsp3) is 0.533. The number of hydrogen-bond donors (Lipinski definition) is 1. The molecule has 18 heavy (non-hydrogen) atoms. The highest BCUT2D eigenvalue weighted by atomic mass is 16.3. The van der Waals surface area contributed by atoms with E-state index in [1.807, 2.05) is 20.0 Å². The van der Waals surface area contributed by atoms with Crippen LogP contribution in [-0.4, -0.2) is 29.0 Å². The minimum atomic E-state index is -0.0666. The molecule has 0 radical (unpaired) electrons. The number of benzene rings is 1. The summed E-state index contributed by atoms with van der Waals surface area (Å²) in [5, 5.41) is 9.81. The zero-order valence-corrected chi connectivity index (χ0v) is 11.1. The van der Waals surface area contributed by atoms with Gasteiger partial charge >= 0.3 is 0 Å². The second-order valence-electron chi connectivity index (χ2n) is 5.23. The molecule has 3 nitrogen and oxygen atoms in total. The number of carbonyl (C=O) groups excluding carboxylic acids is 1. The maximum absolute atomic E-state index is 12.4. The minimum absolute atomic E-state index is 0.0666. The highest BCUT2D eigenvalue weighted by molar-refractivity contribution is 5.97. The standard InChI is InChI=1S/C15H21NO2/c1-11-8-9-14(17)13(10-11)15(18)16(2)12-6-4-3-5-7-12/h8-10,12,17H,3-7H2,1-2H3. The van der Waals surface area contributed by atoms with Gasteiger partial charge in [-0.2, -0.15) is 0 Å². The van der Waals surface area contributed by atoms with Crippen molar-refractivity contribution in [2.75, 3.05) is 7.05 Å². The number of nitrogens with zero attached hydrogens (tertiary/aromatic N) is 1. The predicted molar refractivity (Wildman–Crippen MR) is 71.8 cm³/mol. The highest BCUT2D eigenvalue weighted by Crippen LogP contribution is 2.25. The molecule has 1 aliphatic carbocycles. The number of aryl methyl sites for hydroxylation is 1. The van der Waals surface area contributed by atoms with E-state index in [0.717, 1.165) is 18.4 Å². The maximum Gasteiger partial charge on any atom is 0.257 e. The van der Waals surface area contributed by atoms with Crippen LogP contribution in [0.1, 0.15) is 48.0 Å². The quantitative estimate of drug-likeness (QED) is 0.872. The van der Waals surface area contributed by atoms with Crippen molar-refractivity contribution in [1.82, 2.24) is 4.90 Å². The normalized spacial score (nSPS) is 16.6. The molecule has 0 unspecified atom stereocenters. The Bertz CT molecular complexity index is 436. The summed E-state index contributed by atoms with van der Waals surface area (Å²) in [5.41, 5.74) is 1.41. The molecule has 1 aromatic rings. The third kappa shape index (κ3) is 2.66. The first-order chi connectivity index (χ1) is 8.59. The average Bonchev–Trinajstić information content (AvgIpc) is 2.41. The summed E-state index contributed by atoms with van der Waals surface area (Å²) >= 11 is 0. The van der Waals surface area contributed by atoms with E-state index in [9.17, 15) is 9.90 Å². The number of hydrogen-bond acceptors (Lipinski definition) is 2. The second-order valence-corrected chi connectivity index (χ2v) is 5.23. The van der Waals surface area contributed by atoms with Crippen molar-refractivity contribution in [3.8, 4) is 5.75 Å². The van der Waals surface area contributed by atoms with Crippen LogP contribution in [0, 0.1) is 6.92 Å². The van der Waals surface area contributed by atoms with E-state index in [2.05, 4.69) is 0 Å². The fourth-order valence-electron chi connectivity index (χ4n) is 2.65. The van der Waals surface area contributed by atoms with Gasteiger partial charge in [-0.15, -0.1) is 0 Å². The average molecular weight is 247 g/mol. The first-order valence-electron chi connectivity index (χ1n) is 6.66. The first kappa shape index (κ1) is 12.9. The Morgan fingerprint density at radius 1 is 1.28 bits per heavy atom. The van der Waals surface area contributed by atoms with Crippen LogP contribution in [0.4, 0.5) is 0 Å². The molecule has 0 spiro atoms. The number of phenols is 1. The lowest BCUT2D eigenvalue weighted by Gasteiger charge is -2.31. The van der Waals surface area contributed by atoms with E-state index < -0.39 is 0 Å². The van der Waals surface area contributed by atoms with Crippen molar-refractivity contribution in [2.45, 2.75) is 45.1 Å². The second kappa shape index (κ2) is 5.42. The Morgan fingerprint density at radius 2 is 1.94 bits per heavy atom. The van der Waals surface area contributed by atoms with E-state index >= 15 is 0 Å². The van der Waals surface area contributed by atoms with Crippen LogP contribution in [-0.2, 0) is 0 Å². The molecular weight excluding hydrogens is 226 g/mol. The summed E-state index contributed by atoms with van der Waals surface area (Å²) in [6.07, 6.45) is 5.82. The van der Waals surface area contributed by atoms with E-state index in [-0.39, 0.29) is 11.7 Å². The zero-order valence-electron chi connectivity index (χ0n) is 11.1. The summed E-state index contributed by atoms with van der Waals surface area (Å²) in [6.45, 7) is 1.93. The molecule has 0 atom stereocenters. The Hall–Kier alpha value is -1.51. The molecule has 0 bridgehead atoms. The zero-order chi connectivity index (χ0) is 13.1. The number of phenolic OH excluding ortho intramolecular Hbond substituents is 1. The molecule has 1 N–H and O–H groups in total. The molecule has 0 aliphatic heterocycles. The number of carbonyl (C=O) groups is 1. The van der Waals surface area contributed by atoms with Crippen LogP contribution in [0.15, 0.2) is 18.2 Å². The first-order valence-corrected chi connectivity index (χ1v) is 6.66. The molecule has 1 aliphatic rings. The summed E-state index contributed by atoms with van der Waals surface area (Å²) in [5.74, 6) is 0.0105. The van der Waals surface area contributed by atoms with Gasteiger partial charge in [0, 0.05) is 13.1 Å². The number of amides is 1. The number of rotatable bonds is 2. The van der Waals surface area contributed by atoms with Crippen molar-refractivity contribution in [2.24, 2.45) is 0 Å². The lowest BCUT2D eigenvalue weighted by molar-refractivity contribution is 0.0693. The largest absolute Gasteiger partial charge is 0.507 e. The minimum Gasteiger partial charge on any atom is -0.507 e. The molecule has 1 fully saturated rings. The van der Waals surface area contributed by atoms with E-state index in [1.165, 1.54) is 19.3 Å². The smallest absolute Gasteiger partial charge is 0.257 e. The molecule has 0 saturated heterocycles. The van der Waals surface area contributed by atoms with Gasteiger partial charge in [0.25, 0.3) is 5.91 Å². The summed E-state index contributed by atoms with van der Waals surface area (Å²) < 4.78 is 0. The lowest BCUT2D eigenvalue weighted by atomic mass is 9.94. The topological polar surface area (TPSA) is 40.5 Å². The van der Waals surface area contributed by atoms with Gasteiger partial charge in [-0.3, -0.25) is 4.79 Å². The molecule has 0 heterocycles. The van der Waals surface area contributed by atoms with Crippen molar-refractivity contribution in [3.05, 3.63) is 29.3 Å². The van der Waals surface area contributed by atoms with E-state index in [0.29, 0.717) is 11.6 Å². The van der Waals surface area contributed by atoms with Gasteiger partial charge in [0.1, 0.15) is 5.75 Å². The molecule has 1 amide bonds. The Labute approximate surface area is 108 Å². The van der Waals surface area contributed by atoms with Gasteiger partial charge in [-0.05, 0) is 31.9 Å². The molecule has 98 valence electrons. The van der Waals surface area contributed by atoms with Gasteiger partial charge in [-0.25, -0.2) is 0 Å². The lowest BCUT2D eigenvalue weighted by Crippen LogP contribution is -2.38. The van der Waals surface area contributed by atoms with E-state index in [4.69, 9.17) is 0 Å². The summed E-state index contributed by atoms with van der Waals surface area (Å²) in [4.78, 5) is 14.2. The molecule has 1 aromatic carbocycles. The van der Waals surface area contributed by atoms with Gasteiger partial charge in [0.15, 0.2) is 0 Å². The van der Waals surface area contributed by atoms with Gasteiger partial charge in [0.05, 0.1) is 5.56 Å². The highest BCUT2D eigenvalue weighted by Gasteiger charge is 2.24. The predicted octanol–water partition coefficient (Wildman–Crippen LogP) is 3.11. The van der Waals surface area contributed by atoms with Crippen molar-refractivity contribution in [1.29, 1.82) is 0 Å². The van der Waals surface area contributed by atoms with Crippen molar-refractivity contribution >= 4 is 5.91 Å². The monoisotopic (exact) mass is 247 g/mol. The van der Waals surface area contributed by atoms with Crippen LogP contribution in [0.3, 0.4) is 0 Å². The van der Waals surface area contributed by atoms with Crippen molar-refractivity contribution < 1.29 is 9.90 Å². The van der Waals surface area contributed by atoms with Gasteiger partial charge in [-0.1, -0.05) is 30.9 Å². The van der Waals surface area contributed by atoms with Gasteiger partial charge < -0.3 is 10.0 Å². The van der Waals surface area contributed by atoms with Crippen LogP contribution >= 0.6 is 0 Å². The molecular formula is C15H21NO2. The van der Waals surface area contributed by atoms with Gasteiger partial charge in [0.2, 0.25) is 0 Å². The van der Waals surface area contributed by atoms with Crippen LogP contribution < -0.4 is 0 Å². The molecule has 2 rings (SSSR count). The van der Waals surface area contributed by atoms with Crippen molar-refractivity contribution in [3.63, 3.8) is 0 Å². The maximum atomic E-state index is 12.4. The number of aromatic hydroxyl groups is 1. The molecule has 3 heteroatoms. The van der Waals surface area contributed by atoms with Crippen LogP contribution in [0.25, 0.3) is 0 Å². The summed E-state index contributed by atoms with van der Waals surface area (Å²) in [7, 11) is 1.85. The third-order valence-electron chi connectivity index (χ3n) is 3.83. The SMILES string of the molecule is Cc1ccc(O)c(C(=O)N(C)C2CCCCC2)c1.